The summed E-state index contributed by atoms with van der Waals surface area (Å²) in [7, 11) is 0. The van der Waals surface area contributed by atoms with Gasteiger partial charge < -0.3 is 13.9 Å². The van der Waals surface area contributed by atoms with Crippen molar-refractivity contribution in [2.75, 3.05) is 12.3 Å². The molecule has 3 rings (SSSR count). The molecule has 0 atom stereocenters. The van der Waals surface area contributed by atoms with Gasteiger partial charge in [0.2, 0.25) is 5.91 Å². The van der Waals surface area contributed by atoms with Gasteiger partial charge in [0.15, 0.2) is 11.0 Å². The van der Waals surface area contributed by atoms with Gasteiger partial charge in [-0.15, -0.1) is 10.2 Å². The van der Waals surface area contributed by atoms with E-state index in [0.717, 1.165) is 17.0 Å². The van der Waals surface area contributed by atoms with Gasteiger partial charge in [-0.1, -0.05) is 36.0 Å². The van der Waals surface area contributed by atoms with E-state index in [0.29, 0.717) is 30.6 Å². The molecular formula is C21H23N5O2S. The van der Waals surface area contributed by atoms with Gasteiger partial charge in [0.1, 0.15) is 5.76 Å². The number of hydrogen-bond donors (Lipinski definition) is 0. The smallest absolute Gasteiger partial charge is 0.233 e. The number of aromatic nitrogens is 3. The van der Waals surface area contributed by atoms with Crippen LogP contribution in [0.25, 0.3) is 11.4 Å². The molecule has 0 unspecified atom stereocenters. The van der Waals surface area contributed by atoms with E-state index in [1.807, 2.05) is 48.7 Å². The second-order valence-electron chi connectivity index (χ2n) is 6.46. The largest absolute Gasteiger partial charge is 0.467 e. The summed E-state index contributed by atoms with van der Waals surface area (Å²) >= 11 is 1.36. The first-order valence-electron chi connectivity index (χ1n) is 9.43. The molecule has 2 aromatic heterocycles. The summed E-state index contributed by atoms with van der Waals surface area (Å²) in [6.07, 6.45) is 1.85. The standard InChI is InChI=1S/C21H23N5O2S/c1-3-26-20(18-10-5-4-8-16(18)2)23-24-21(26)29-15-19(27)25(12-7-11-22)14-17-9-6-13-28-17/h4-6,8-10,13H,3,7,12,14-15H2,1-2H3. The Morgan fingerprint density at radius 1 is 1.28 bits per heavy atom. The van der Waals surface area contributed by atoms with Crippen molar-refractivity contribution in [1.29, 1.82) is 5.26 Å². The predicted octanol–water partition coefficient (Wildman–Crippen LogP) is 3.90. The molecule has 0 bridgehead atoms. The van der Waals surface area contributed by atoms with Gasteiger partial charge in [-0.05, 0) is 31.5 Å². The fourth-order valence-corrected chi connectivity index (χ4v) is 3.89. The first kappa shape index (κ1) is 20.7. The number of nitriles is 1. The van der Waals surface area contributed by atoms with Crippen molar-refractivity contribution in [3.63, 3.8) is 0 Å². The van der Waals surface area contributed by atoms with Crippen molar-refractivity contribution in [3.05, 3.63) is 54.0 Å². The van der Waals surface area contributed by atoms with Crippen LogP contribution >= 0.6 is 11.8 Å². The number of rotatable bonds is 9. The van der Waals surface area contributed by atoms with E-state index in [-0.39, 0.29) is 18.1 Å². The topological polar surface area (TPSA) is 88.0 Å². The van der Waals surface area contributed by atoms with Crippen molar-refractivity contribution < 1.29 is 9.21 Å². The van der Waals surface area contributed by atoms with Crippen LogP contribution in [0.4, 0.5) is 0 Å². The van der Waals surface area contributed by atoms with E-state index >= 15 is 0 Å². The molecule has 0 aliphatic heterocycles. The molecule has 0 aliphatic carbocycles. The zero-order valence-electron chi connectivity index (χ0n) is 16.5. The lowest BCUT2D eigenvalue weighted by molar-refractivity contribution is -0.129. The van der Waals surface area contributed by atoms with Crippen molar-refractivity contribution >= 4 is 17.7 Å². The molecule has 29 heavy (non-hydrogen) atoms. The maximum atomic E-state index is 12.8. The van der Waals surface area contributed by atoms with Gasteiger partial charge in [0, 0.05) is 18.7 Å². The summed E-state index contributed by atoms with van der Waals surface area (Å²) in [4.78, 5) is 14.4. The molecule has 0 fully saturated rings. The lowest BCUT2D eigenvalue weighted by Crippen LogP contribution is -2.32. The third kappa shape index (κ3) is 5.06. The minimum Gasteiger partial charge on any atom is -0.467 e. The molecule has 0 radical (unpaired) electrons. The Labute approximate surface area is 174 Å². The normalized spacial score (nSPS) is 10.7. The van der Waals surface area contributed by atoms with Crippen LogP contribution in [0.1, 0.15) is 24.7 Å². The average Bonchev–Trinajstić information content (AvgIpc) is 3.39. The fourth-order valence-electron chi connectivity index (χ4n) is 2.99. The quantitative estimate of drug-likeness (QED) is 0.498. The Morgan fingerprint density at radius 2 is 2.10 bits per heavy atom. The van der Waals surface area contributed by atoms with Crippen molar-refractivity contribution in [2.45, 2.75) is 38.5 Å². The van der Waals surface area contributed by atoms with E-state index in [2.05, 4.69) is 16.3 Å². The molecule has 2 heterocycles. The summed E-state index contributed by atoms with van der Waals surface area (Å²) < 4.78 is 7.37. The minimum absolute atomic E-state index is 0.0651. The van der Waals surface area contributed by atoms with Gasteiger partial charge in [-0.3, -0.25) is 4.79 Å². The SMILES string of the molecule is CCn1c(SCC(=O)N(CCC#N)Cc2ccco2)nnc1-c1ccccc1C. The first-order chi connectivity index (χ1) is 14.1. The Bertz CT molecular complexity index is 991. The number of thioether (sulfide) groups is 1. The minimum atomic E-state index is -0.0651. The number of hydrogen-bond acceptors (Lipinski definition) is 6. The van der Waals surface area contributed by atoms with Crippen LogP contribution < -0.4 is 0 Å². The van der Waals surface area contributed by atoms with Crippen molar-refractivity contribution in [3.8, 4) is 17.5 Å². The van der Waals surface area contributed by atoms with Crippen LogP contribution in [0, 0.1) is 18.3 Å². The van der Waals surface area contributed by atoms with Gasteiger partial charge in [0.25, 0.3) is 0 Å². The molecule has 0 saturated carbocycles. The molecule has 1 aromatic carbocycles. The van der Waals surface area contributed by atoms with Crippen molar-refractivity contribution in [1.82, 2.24) is 19.7 Å². The number of benzene rings is 1. The highest BCUT2D eigenvalue weighted by Gasteiger charge is 2.19. The summed E-state index contributed by atoms with van der Waals surface area (Å²) in [5.41, 5.74) is 2.16. The lowest BCUT2D eigenvalue weighted by Gasteiger charge is -2.20. The van der Waals surface area contributed by atoms with Gasteiger partial charge in [-0.2, -0.15) is 5.26 Å². The molecule has 150 valence electrons. The van der Waals surface area contributed by atoms with Crippen LogP contribution in [0.2, 0.25) is 0 Å². The molecule has 7 nitrogen and oxygen atoms in total. The monoisotopic (exact) mass is 409 g/mol. The van der Waals surface area contributed by atoms with E-state index in [1.54, 1.807) is 17.2 Å². The number of nitrogens with zero attached hydrogens (tertiary/aromatic N) is 5. The van der Waals surface area contributed by atoms with Crippen LogP contribution in [0.3, 0.4) is 0 Å². The Morgan fingerprint density at radius 3 is 2.79 bits per heavy atom. The zero-order valence-corrected chi connectivity index (χ0v) is 17.4. The van der Waals surface area contributed by atoms with E-state index in [9.17, 15) is 4.79 Å². The molecule has 0 aliphatic rings. The van der Waals surface area contributed by atoms with E-state index < -0.39 is 0 Å². The third-order valence-corrected chi connectivity index (χ3v) is 5.47. The number of aryl methyl sites for hydroxylation is 1. The molecule has 0 saturated heterocycles. The molecule has 0 N–H and O–H groups in total. The van der Waals surface area contributed by atoms with E-state index in [4.69, 9.17) is 9.68 Å². The van der Waals surface area contributed by atoms with Gasteiger partial charge in [0.05, 0.1) is 31.1 Å². The summed E-state index contributed by atoms with van der Waals surface area (Å²) in [6, 6.07) is 13.7. The molecule has 0 spiro atoms. The summed E-state index contributed by atoms with van der Waals surface area (Å²) in [6.45, 7) is 5.50. The molecule has 3 aromatic rings. The highest BCUT2D eigenvalue weighted by atomic mass is 32.2. The summed E-state index contributed by atoms with van der Waals surface area (Å²) in [5, 5.41) is 18.3. The van der Waals surface area contributed by atoms with Crippen LogP contribution in [0.15, 0.2) is 52.2 Å². The first-order valence-corrected chi connectivity index (χ1v) is 10.4. The second kappa shape index (κ2) is 9.94. The number of carbonyl (C=O) groups excluding carboxylic acids is 1. The predicted molar refractivity (Wildman–Crippen MR) is 111 cm³/mol. The number of amides is 1. The van der Waals surface area contributed by atoms with E-state index in [1.165, 1.54) is 11.8 Å². The maximum absolute atomic E-state index is 12.8. The number of furan rings is 1. The van der Waals surface area contributed by atoms with Gasteiger partial charge in [-0.25, -0.2) is 0 Å². The van der Waals surface area contributed by atoms with Crippen molar-refractivity contribution in [2.24, 2.45) is 0 Å². The Balaban J connectivity index is 1.72. The van der Waals surface area contributed by atoms with Crippen LogP contribution in [0.5, 0.6) is 0 Å². The van der Waals surface area contributed by atoms with Gasteiger partial charge >= 0.3 is 0 Å². The van der Waals surface area contributed by atoms with Crippen LogP contribution in [-0.4, -0.2) is 37.9 Å². The molecule has 1 amide bonds. The average molecular weight is 410 g/mol. The lowest BCUT2D eigenvalue weighted by atomic mass is 10.1. The van der Waals surface area contributed by atoms with Crippen LogP contribution in [-0.2, 0) is 17.9 Å². The molecular weight excluding hydrogens is 386 g/mol. The maximum Gasteiger partial charge on any atom is 0.233 e. The highest BCUT2D eigenvalue weighted by molar-refractivity contribution is 7.99. The third-order valence-electron chi connectivity index (χ3n) is 4.52. The second-order valence-corrected chi connectivity index (χ2v) is 7.40. The molecule has 8 heteroatoms. The highest BCUT2D eigenvalue weighted by Crippen LogP contribution is 2.26. The summed E-state index contributed by atoms with van der Waals surface area (Å²) in [5.74, 6) is 1.65. The Hall–Kier alpha value is -3.05. The zero-order chi connectivity index (χ0) is 20.6. The fraction of sp³-hybridized carbons (Fsp3) is 0.333. The number of carbonyl (C=O) groups is 1. The Kier molecular flexibility index (Phi) is 7.09.